The van der Waals surface area contributed by atoms with Crippen LogP contribution in [0.2, 0.25) is 0 Å². The number of amides is 2. The molecule has 0 aliphatic rings. The van der Waals surface area contributed by atoms with E-state index >= 15 is 0 Å². The van der Waals surface area contributed by atoms with Gasteiger partial charge in [0.15, 0.2) is 0 Å². The third-order valence-electron chi connectivity index (χ3n) is 3.69. The van der Waals surface area contributed by atoms with Crippen molar-refractivity contribution in [1.82, 2.24) is 5.32 Å². The number of halogens is 2. The van der Waals surface area contributed by atoms with Crippen LogP contribution in [0.1, 0.15) is 18.5 Å². The zero-order valence-electron chi connectivity index (χ0n) is 14.9. The number of benzene rings is 2. The van der Waals surface area contributed by atoms with E-state index in [4.69, 9.17) is 5.73 Å². The van der Waals surface area contributed by atoms with Gasteiger partial charge in [0, 0.05) is 18.3 Å². The normalized spacial score (nSPS) is 12.4. The Hall–Kier alpha value is -2.09. The van der Waals surface area contributed by atoms with Crippen LogP contribution >= 0.6 is 24.2 Å². The summed E-state index contributed by atoms with van der Waals surface area (Å²) in [7, 11) is 0. The molecule has 2 aromatic rings. The molecule has 2 unspecified atom stereocenters. The third-order valence-corrected chi connectivity index (χ3v) is 4.83. The van der Waals surface area contributed by atoms with Crippen molar-refractivity contribution < 1.29 is 14.0 Å². The number of rotatable bonds is 8. The first-order valence-electron chi connectivity index (χ1n) is 8.21. The van der Waals surface area contributed by atoms with E-state index in [1.165, 1.54) is 36.0 Å². The van der Waals surface area contributed by atoms with Crippen LogP contribution in [0.15, 0.2) is 54.6 Å². The summed E-state index contributed by atoms with van der Waals surface area (Å²) in [5.74, 6) is -0.661. The van der Waals surface area contributed by atoms with E-state index in [1.807, 2.05) is 30.3 Å². The van der Waals surface area contributed by atoms with Gasteiger partial charge in [0.05, 0.1) is 11.0 Å². The highest BCUT2D eigenvalue weighted by molar-refractivity contribution is 8.01. The van der Waals surface area contributed by atoms with Gasteiger partial charge in [-0.05, 0) is 36.8 Å². The average molecular weight is 412 g/mol. The Bertz CT molecular complexity index is 731. The van der Waals surface area contributed by atoms with E-state index in [0.717, 1.165) is 5.56 Å². The summed E-state index contributed by atoms with van der Waals surface area (Å²) in [6.45, 7) is 2.06. The maximum Gasteiger partial charge on any atom is 0.234 e. The van der Waals surface area contributed by atoms with Crippen LogP contribution in [-0.2, 0) is 9.59 Å². The molecule has 0 bridgehead atoms. The number of thioether (sulfide) groups is 1. The topological polar surface area (TPSA) is 84.2 Å². The number of anilines is 1. The Balaban J connectivity index is 0.00000364. The van der Waals surface area contributed by atoms with E-state index in [1.54, 1.807) is 6.92 Å². The van der Waals surface area contributed by atoms with Crippen molar-refractivity contribution in [2.24, 2.45) is 5.73 Å². The van der Waals surface area contributed by atoms with Crippen LogP contribution in [0, 0.1) is 5.82 Å². The number of carbonyl (C=O) groups is 2. The summed E-state index contributed by atoms with van der Waals surface area (Å²) in [6.07, 6.45) is 0. The molecular weight excluding hydrogens is 389 g/mol. The fourth-order valence-corrected chi connectivity index (χ4v) is 2.89. The van der Waals surface area contributed by atoms with Crippen molar-refractivity contribution in [3.63, 3.8) is 0 Å². The number of carbonyl (C=O) groups excluding carboxylic acids is 2. The maximum atomic E-state index is 12.8. The molecule has 2 rings (SSSR count). The zero-order valence-corrected chi connectivity index (χ0v) is 16.5. The smallest absolute Gasteiger partial charge is 0.234 e. The lowest BCUT2D eigenvalue weighted by Crippen LogP contribution is -2.36. The Morgan fingerprint density at radius 3 is 2.37 bits per heavy atom. The van der Waals surface area contributed by atoms with Crippen LogP contribution in [0.25, 0.3) is 0 Å². The fourth-order valence-electron chi connectivity index (χ4n) is 2.18. The van der Waals surface area contributed by atoms with Gasteiger partial charge in [-0.15, -0.1) is 24.2 Å². The number of nitrogens with two attached hydrogens (primary N) is 1. The van der Waals surface area contributed by atoms with Crippen molar-refractivity contribution in [1.29, 1.82) is 0 Å². The Labute approximate surface area is 168 Å². The van der Waals surface area contributed by atoms with E-state index in [2.05, 4.69) is 10.6 Å². The SMILES string of the molecule is CC(SCC(=O)Nc1ccc(F)cc1)C(=O)NCC(N)c1ccccc1.Cl. The van der Waals surface area contributed by atoms with Crippen molar-refractivity contribution in [3.05, 3.63) is 66.0 Å². The van der Waals surface area contributed by atoms with Gasteiger partial charge in [0.25, 0.3) is 0 Å². The molecule has 4 N–H and O–H groups in total. The van der Waals surface area contributed by atoms with Gasteiger partial charge >= 0.3 is 0 Å². The van der Waals surface area contributed by atoms with Gasteiger partial charge in [0.1, 0.15) is 5.82 Å². The van der Waals surface area contributed by atoms with E-state index < -0.39 is 5.25 Å². The maximum absolute atomic E-state index is 12.8. The molecule has 0 fully saturated rings. The number of hydrogen-bond donors (Lipinski definition) is 3. The molecule has 2 amide bonds. The third kappa shape index (κ3) is 7.99. The largest absolute Gasteiger partial charge is 0.353 e. The highest BCUT2D eigenvalue weighted by Gasteiger charge is 2.16. The molecule has 2 atom stereocenters. The van der Waals surface area contributed by atoms with E-state index in [9.17, 15) is 14.0 Å². The molecule has 8 heteroatoms. The molecule has 0 spiro atoms. The lowest BCUT2D eigenvalue weighted by atomic mass is 10.1. The second kappa shape index (κ2) is 11.6. The molecule has 0 radical (unpaired) electrons. The van der Waals surface area contributed by atoms with Gasteiger partial charge in [-0.25, -0.2) is 4.39 Å². The van der Waals surface area contributed by atoms with Crippen LogP contribution < -0.4 is 16.4 Å². The van der Waals surface area contributed by atoms with Gasteiger partial charge in [-0.2, -0.15) is 0 Å². The molecule has 0 aromatic heterocycles. The van der Waals surface area contributed by atoms with Gasteiger partial charge in [0.2, 0.25) is 11.8 Å². The summed E-state index contributed by atoms with van der Waals surface area (Å²) in [6, 6.07) is 14.8. The monoisotopic (exact) mass is 411 g/mol. The molecule has 27 heavy (non-hydrogen) atoms. The molecule has 2 aromatic carbocycles. The van der Waals surface area contributed by atoms with Crippen molar-refractivity contribution in [2.75, 3.05) is 17.6 Å². The van der Waals surface area contributed by atoms with Crippen LogP contribution in [0.4, 0.5) is 10.1 Å². The molecule has 0 aliphatic heterocycles. The first-order chi connectivity index (χ1) is 12.5. The Kier molecular flexibility index (Phi) is 9.85. The molecule has 146 valence electrons. The molecule has 5 nitrogen and oxygen atoms in total. The van der Waals surface area contributed by atoms with Crippen LogP contribution in [-0.4, -0.2) is 29.4 Å². The Morgan fingerprint density at radius 1 is 1.11 bits per heavy atom. The Morgan fingerprint density at radius 2 is 1.74 bits per heavy atom. The molecule has 0 saturated heterocycles. The second-order valence-electron chi connectivity index (χ2n) is 5.77. The minimum Gasteiger partial charge on any atom is -0.353 e. The predicted octanol–water partition coefficient (Wildman–Crippen LogP) is 3.12. The summed E-state index contributed by atoms with van der Waals surface area (Å²) < 4.78 is 12.8. The lowest BCUT2D eigenvalue weighted by molar-refractivity contribution is -0.120. The van der Waals surface area contributed by atoms with E-state index in [0.29, 0.717) is 12.2 Å². The molecule has 0 saturated carbocycles. The average Bonchev–Trinajstić information content (AvgIpc) is 2.66. The van der Waals surface area contributed by atoms with Crippen LogP contribution in [0.5, 0.6) is 0 Å². The summed E-state index contributed by atoms with van der Waals surface area (Å²) >= 11 is 1.22. The highest BCUT2D eigenvalue weighted by atomic mass is 35.5. The first-order valence-corrected chi connectivity index (χ1v) is 9.26. The van der Waals surface area contributed by atoms with Gasteiger partial charge in [-0.3, -0.25) is 9.59 Å². The lowest BCUT2D eigenvalue weighted by Gasteiger charge is -2.16. The molecular formula is C19H23ClFN3O2S. The quantitative estimate of drug-likeness (QED) is 0.623. The molecule has 0 aliphatic carbocycles. The van der Waals surface area contributed by atoms with Gasteiger partial charge in [-0.1, -0.05) is 30.3 Å². The van der Waals surface area contributed by atoms with E-state index in [-0.39, 0.29) is 41.8 Å². The second-order valence-corrected chi connectivity index (χ2v) is 7.10. The van der Waals surface area contributed by atoms with Gasteiger partial charge < -0.3 is 16.4 Å². The number of nitrogens with one attached hydrogen (secondary N) is 2. The summed E-state index contributed by atoms with van der Waals surface area (Å²) in [4.78, 5) is 24.0. The first kappa shape index (κ1) is 23.0. The minimum absolute atomic E-state index is 0. The highest BCUT2D eigenvalue weighted by Crippen LogP contribution is 2.14. The van der Waals surface area contributed by atoms with Crippen molar-refractivity contribution in [3.8, 4) is 0 Å². The predicted molar refractivity (Wildman–Crippen MR) is 111 cm³/mol. The molecule has 0 heterocycles. The summed E-state index contributed by atoms with van der Waals surface area (Å²) in [5, 5.41) is 5.07. The standard InChI is InChI=1S/C19H22FN3O2S.ClH/c1-13(19(25)22-11-17(21)14-5-3-2-4-6-14)26-12-18(24)23-16-9-7-15(20)8-10-16;/h2-10,13,17H,11-12,21H2,1H3,(H,22,25)(H,23,24);1H. The summed E-state index contributed by atoms with van der Waals surface area (Å²) in [5.41, 5.74) is 7.52. The fraction of sp³-hybridized carbons (Fsp3) is 0.263. The minimum atomic E-state index is -0.392. The van der Waals surface area contributed by atoms with Crippen molar-refractivity contribution >= 4 is 41.7 Å². The van der Waals surface area contributed by atoms with Crippen LogP contribution in [0.3, 0.4) is 0 Å². The number of hydrogen-bond acceptors (Lipinski definition) is 4. The van der Waals surface area contributed by atoms with Crippen molar-refractivity contribution in [2.45, 2.75) is 18.2 Å². The zero-order chi connectivity index (χ0) is 18.9.